The van der Waals surface area contributed by atoms with Crippen molar-refractivity contribution in [3.8, 4) is 6.07 Å². The van der Waals surface area contributed by atoms with Crippen molar-refractivity contribution in [1.29, 1.82) is 5.26 Å². The monoisotopic (exact) mass is 398 g/mol. The van der Waals surface area contributed by atoms with Crippen molar-refractivity contribution >= 4 is 24.4 Å². The zero-order valence-electron chi connectivity index (χ0n) is 16.1. The van der Waals surface area contributed by atoms with Crippen LogP contribution >= 0.6 is 12.4 Å². The molecule has 0 radical (unpaired) electrons. The van der Waals surface area contributed by atoms with Gasteiger partial charge in [0, 0.05) is 18.6 Å². The number of amides is 2. The van der Waals surface area contributed by atoms with Crippen LogP contribution in [0.2, 0.25) is 0 Å². The molecule has 5 atom stereocenters. The molecule has 1 heterocycles. The highest BCUT2D eigenvalue weighted by Gasteiger charge is 2.43. The number of alkyl carbamates (subject to hydrolysis) is 1. The quantitative estimate of drug-likeness (QED) is 0.740. The zero-order valence-corrected chi connectivity index (χ0v) is 17.0. The predicted octanol–water partition coefficient (Wildman–Crippen LogP) is 2.20. The maximum Gasteiger partial charge on any atom is 0.407 e. The summed E-state index contributed by atoms with van der Waals surface area (Å²) < 4.78 is 5.52. The zero-order chi connectivity index (χ0) is 18.7. The van der Waals surface area contributed by atoms with E-state index in [-0.39, 0.29) is 42.6 Å². The molecule has 2 N–H and O–H groups in total. The molecule has 2 aliphatic carbocycles. The molecular formula is C19H31ClN4O3. The van der Waals surface area contributed by atoms with Gasteiger partial charge in [0.15, 0.2) is 0 Å². The lowest BCUT2D eigenvalue weighted by Crippen LogP contribution is -2.43. The highest BCUT2D eigenvalue weighted by Crippen LogP contribution is 2.45. The second kappa shape index (κ2) is 9.61. The number of ether oxygens (including phenoxy) is 1. The first-order chi connectivity index (χ1) is 12.5. The Balaban J connectivity index is 0.00000261. The number of carbonyl (C=O) groups excluding carboxylic acids is 2. The van der Waals surface area contributed by atoms with Crippen molar-refractivity contribution in [1.82, 2.24) is 15.5 Å². The smallest absolute Gasteiger partial charge is 0.407 e. The van der Waals surface area contributed by atoms with Gasteiger partial charge in [-0.2, -0.15) is 5.26 Å². The molecule has 1 aliphatic heterocycles. The number of rotatable bonds is 5. The lowest BCUT2D eigenvalue weighted by molar-refractivity contribution is -0.130. The van der Waals surface area contributed by atoms with E-state index in [0.717, 1.165) is 38.5 Å². The van der Waals surface area contributed by atoms with E-state index in [1.54, 1.807) is 4.90 Å². The Kier molecular flexibility index (Phi) is 7.75. The van der Waals surface area contributed by atoms with Gasteiger partial charge in [-0.15, -0.1) is 12.4 Å². The molecule has 0 bridgehead atoms. The normalized spacial score (nSPS) is 31.9. The number of nitriles is 1. The highest BCUT2D eigenvalue weighted by molar-refractivity contribution is 5.85. The first kappa shape index (κ1) is 21.8. The van der Waals surface area contributed by atoms with E-state index in [1.807, 2.05) is 13.8 Å². The third-order valence-corrected chi connectivity index (χ3v) is 5.92. The summed E-state index contributed by atoms with van der Waals surface area (Å²) in [6.07, 6.45) is 5.33. The fourth-order valence-corrected chi connectivity index (χ4v) is 4.78. The Labute approximate surface area is 167 Å². The van der Waals surface area contributed by atoms with Crippen LogP contribution < -0.4 is 10.6 Å². The van der Waals surface area contributed by atoms with E-state index >= 15 is 0 Å². The fourth-order valence-electron chi connectivity index (χ4n) is 4.78. The Morgan fingerprint density at radius 1 is 1.22 bits per heavy atom. The third kappa shape index (κ3) is 5.49. The minimum atomic E-state index is -0.317. The average Bonchev–Trinajstić information content (AvgIpc) is 3.25. The standard InChI is InChI=1S/C19H30N4O3.ClH/c1-12(2)22-19(25)26-17-8-13-6-15(7-14(13)9-17)21-11-18(24)23-5-3-4-16(23)10-20;/h12-17,21H,3-9,11H2,1-2H3,(H,22,25);1H/t13-,14+,15?,16-,17?;/m0./s1. The molecule has 1 saturated heterocycles. The molecule has 2 saturated carbocycles. The van der Waals surface area contributed by atoms with Crippen LogP contribution in [0, 0.1) is 23.2 Å². The molecule has 7 nitrogen and oxygen atoms in total. The summed E-state index contributed by atoms with van der Waals surface area (Å²) in [6.45, 7) is 4.86. The summed E-state index contributed by atoms with van der Waals surface area (Å²) in [6, 6.07) is 2.41. The summed E-state index contributed by atoms with van der Waals surface area (Å²) in [7, 11) is 0. The van der Waals surface area contributed by atoms with Crippen LogP contribution in [-0.4, -0.2) is 54.2 Å². The lowest BCUT2D eigenvalue weighted by atomic mass is 10.0. The number of nitrogens with one attached hydrogen (secondary N) is 2. The van der Waals surface area contributed by atoms with E-state index in [2.05, 4.69) is 16.7 Å². The maximum absolute atomic E-state index is 12.3. The van der Waals surface area contributed by atoms with Gasteiger partial charge in [0.2, 0.25) is 5.91 Å². The van der Waals surface area contributed by atoms with Crippen LogP contribution in [0.3, 0.4) is 0 Å². The lowest BCUT2D eigenvalue weighted by Gasteiger charge is -2.22. The van der Waals surface area contributed by atoms with Crippen LogP contribution in [0.15, 0.2) is 0 Å². The highest BCUT2D eigenvalue weighted by atomic mass is 35.5. The minimum Gasteiger partial charge on any atom is -0.446 e. The van der Waals surface area contributed by atoms with Crippen molar-refractivity contribution in [2.45, 2.75) is 76.6 Å². The second-order valence-corrected chi connectivity index (χ2v) is 8.24. The molecule has 3 fully saturated rings. The van der Waals surface area contributed by atoms with Gasteiger partial charge >= 0.3 is 6.09 Å². The van der Waals surface area contributed by atoms with Gasteiger partial charge in [-0.3, -0.25) is 4.79 Å². The van der Waals surface area contributed by atoms with E-state index in [4.69, 9.17) is 10.00 Å². The van der Waals surface area contributed by atoms with Gasteiger partial charge in [-0.1, -0.05) is 0 Å². The van der Waals surface area contributed by atoms with Crippen molar-refractivity contribution in [3.05, 3.63) is 0 Å². The summed E-state index contributed by atoms with van der Waals surface area (Å²) in [5, 5.41) is 15.3. The van der Waals surface area contributed by atoms with Gasteiger partial charge in [-0.05, 0) is 64.2 Å². The Morgan fingerprint density at radius 2 is 1.89 bits per heavy atom. The number of halogens is 1. The maximum atomic E-state index is 12.3. The van der Waals surface area contributed by atoms with Gasteiger partial charge in [-0.25, -0.2) is 4.79 Å². The Bertz CT molecular complexity index is 566. The topological polar surface area (TPSA) is 94.5 Å². The molecule has 0 spiro atoms. The number of nitrogens with zero attached hydrogens (tertiary/aromatic N) is 2. The summed E-state index contributed by atoms with van der Waals surface area (Å²) >= 11 is 0. The van der Waals surface area contributed by atoms with Crippen LogP contribution in [0.1, 0.15) is 52.4 Å². The molecule has 152 valence electrons. The van der Waals surface area contributed by atoms with Crippen molar-refractivity contribution in [3.63, 3.8) is 0 Å². The van der Waals surface area contributed by atoms with Crippen LogP contribution in [0.4, 0.5) is 4.79 Å². The summed E-state index contributed by atoms with van der Waals surface area (Å²) in [5.74, 6) is 1.17. The van der Waals surface area contributed by atoms with E-state index in [0.29, 0.717) is 31.0 Å². The molecule has 0 aromatic carbocycles. The van der Waals surface area contributed by atoms with Crippen LogP contribution in [0.5, 0.6) is 0 Å². The molecule has 27 heavy (non-hydrogen) atoms. The van der Waals surface area contributed by atoms with Crippen molar-refractivity contribution in [2.75, 3.05) is 13.1 Å². The van der Waals surface area contributed by atoms with Gasteiger partial charge in [0.05, 0.1) is 12.6 Å². The molecule has 0 aromatic rings. The Morgan fingerprint density at radius 3 is 2.48 bits per heavy atom. The second-order valence-electron chi connectivity index (χ2n) is 8.24. The molecule has 2 unspecified atom stereocenters. The molecule has 3 aliphatic rings. The van der Waals surface area contributed by atoms with Crippen LogP contribution in [0.25, 0.3) is 0 Å². The Hall–Kier alpha value is -1.52. The summed E-state index contributed by atoms with van der Waals surface area (Å²) in [4.78, 5) is 25.8. The third-order valence-electron chi connectivity index (χ3n) is 5.92. The molecular weight excluding hydrogens is 368 g/mol. The SMILES string of the molecule is CC(C)NC(=O)OC1C[C@H]2CC(NCC(=O)N3CCC[C@H]3C#N)C[C@H]2C1.Cl. The van der Waals surface area contributed by atoms with E-state index in [1.165, 1.54) is 0 Å². The number of likely N-dealkylation sites (tertiary alicyclic amines) is 1. The molecule has 3 rings (SSSR count). The average molecular weight is 399 g/mol. The van der Waals surface area contributed by atoms with E-state index in [9.17, 15) is 9.59 Å². The first-order valence-corrected chi connectivity index (χ1v) is 9.86. The number of fused-ring (bicyclic) bond motifs is 1. The van der Waals surface area contributed by atoms with Crippen molar-refractivity contribution < 1.29 is 14.3 Å². The number of hydrogen-bond acceptors (Lipinski definition) is 5. The largest absolute Gasteiger partial charge is 0.446 e. The first-order valence-electron chi connectivity index (χ1n) is 9.86. The predicted molar refractivity (Wildman–Crippen MR) is 103 cm³/mol. The van der Waals surface area contributed by atoms with Gasteiger partial charge in [0.1, 0.15) is 12.1 Å². The van der Waals surface area contributed by atoms with Gasteiger partial charge in [0.25, 0.3) is 0 Å². The fraction of sp³-hybridized carbons (Fsp3) is 0.842. The van der Waals surface area contributed by atoms with E-state index < -0.39 is 0 Å². The minimum absolute atomic E-state index is 0. The number of hydrogen-bond donors (Lipinski definition) is 2. The van der Waals surface area contributed by atoms with Crippen LogP contribution in [-0.2, 0) is 9.53 Å². The molecule has 0 aromatic heterocycles. The summed E-state index contributed by atoms with van der Waals surface area (Å²) in [5.41, 5.74) is 0. The molecule has 8 heteroatoms. The number of carbonyl (C=O) groups is 2. The molecule has 2 amide bonds. The van der Waals surface area contributed by atoms with Gasteiger partial charge < -0.3 is 20.3 Å². The van der Waals surface area contributed by atoms with Crippen molar-refractivity contribution in [2.24, 2.45) is 11.8 Å².